The van der Waals surface area contributed by atoms with E-state index in [1.807, 2.05) is 42.2 Å². The molecule has 2 aromatic rings. The third kappa shape index (κ3) is 3.58. The summed E-state index contributed by atoms with van der Waals surface area (Å²) in [5.41, 5.74) is 0.793. The molecule has 0 amide bonds. The summed E-state index contributed by atoms with van der Waals surface area (Å²) in [5.74, 6) is 0. The molecule has 1 fully saturated rings. The van der Waals surface area contributed by atoms with Gasteiger partial charge >= 0.3 is 0 Å². The first-order valence-electron chi connectivity index (χ1n) is 7.84. The molecule has 130 valence electrons. The Bertz CT molecular complexity index is 796. The maximum atomic E-state index is 11.4. The molecule has 0 aromatic heterocycles. The van der Waals surface area contributed by atoms with Crippen molar-refractivity contribution in [3.8, 4) is 0 Å². The largest absolute Gasteiger partial charge is 0.367 e. The van der Waals surface area contributed by atoms with E-state index in [4.69, 9.17) is 4.74 Å². The lowest BCUT2D eigenvalue weighted by Crippen LogP contribution is -2.43. The Morgan fingerprint density at radius 2 is 1.76 bits per heavy atom. The zero-order chi connectivity index (χ0) is 18.0. The van der Waals surface area contributed by atoms with E-state index in [9.17, 15) is 20.2 Å². The number of morpholine rings is 1. The summed E-state index contributed by atoms with van der Waals surface area (Å²) in [7, 11) is 0. The van der Waals surface area contributed by atoms with Crippen LogP contribution < -0.4 is 4.90 Å². The minimum absolute atomic E-state index is 0.131. The minimum atomic E-state index is -0.633. The van der Waals surface area contributed by atoms with E-state index in [1.165, 1.54) is 12.1 Å². The summed E-state index contributed by atoms with van der Waals surface area (Å²) >= 11 is 0. The van der Waals surface area contributed by atoms with Crippen molar-refractivity contribution in [1.29, 1.82) is 0 Å². The zero-order valence-corrected chi connectivity index (χ0v) is 13.6. The van der Waals surface area contributed by atoms with Gasteiger partial charge in [0.1, 0.15) is 11.8 Å². The highest BCUT2D eigenvalue weighted by Gasteiger charge is 2.31. The van der Waals surface area contributed by atoms with E-state index in [0.717, 1.165) is 11.6 Å². The van der Waals surface area contributed by atoms with Gasteiger partial charge in [-0.05, 0) is 18.6 Å². The number of ether oxygens (including phenoxy) is 1. The molecule has 1 saturated heterocycles. The molecule has 0 saturated carbocycles. The first-order chi connectivity index (χ1) is 12.0. The number of benzene rings is 2. The number of non-ortho nitro benzene ring substituents is 1. The quantitative estimate of drug-likeness (QED) is 0.622. The fourth-order valence-electron chi connectivity index (χ4n) is 3.04. The molecule has 1 aliphatic heterocycles. The fourth-order valence-corrected chi connectivity index (χ4v) is 3.04. The second kappa shape index (κ2) is 6.86. The van der Waals surface area contributed by atoms with E-state index in [0.29, 0.717) is 18.8 Å². The molecule has 0 aliphatic carbocycles. The highest BCUT2D eigenvalue weighted by atomic mass is 16.6. The van der Waals surface area contributed by atoms with E-state index in [1.54, 1.807) is 0 Å². The molecule has 2 atom stereocenters. The normalized spacial score (nSPS) is 20.3. The number of hydrogen-bond donors (Lipinski definition) is 0. The van der Waals surface area contributed by atoms with Gasteiger partial charge in [-0.1, -0.05) is 30.3 Å². The molecule has 25 heavy (non-hydrogen) atoms. The first kappa shape index (κ1) is 16.8. The first-order valence-corrected chi connectivity index (χ1v) is 7.84. The fraction of sp³-hybridized carbons (Fsp3) is 0.294. The van der Waals surface area contributed by atoms with Crippen molar-refractivity contribution in [3.05, 3.63) is 74.3 Å². The standard InChI is InChI=1S/C17H17N3O5/c1-12-10-18(11-17(25-12)13-5-3-2-4-6-13)15-8-7-14(19(21)22)9-16(15)20(23)24/h2-9,12,17H,10-11H2,1H3. The highest BCUT2D eigenvalue weighted by Crippen LogP contribution is 2.36. The molecule has 0 spiro atoms. The molecular formula is C17H17N3O5. The van der Waals surface area contributed by atoms with Crippen molar-refractivity contribution in [2.75, 3.05) is 18.0 Å². The van der Waals surface area contributed by atoms with Crippen LogP contribution in [0.25, 0.3) is 0 Å². The molecule has 1 aliphatic rings. The lowest BCUT2D eigenvalue weighted by Gasteiger charge is -2.38. The second-order valence-corrected chi connectivity index (χ2v) is 5.94. The van der Waals surface area contributed by atoms with Crippen LogP contribution in [0.1, 0.15) is 18.6 Å². The van der Waals surface area contributed by atoms with Gasteiger partial charge in [-0.15, -0.1) is 0 Å². The molecular weight excluding hydrogens is 326 g/mol. The van der Waals surface area contributed by atoms with Gasteiger partial charge in [0.2, 0.25) is 0 Å². The van der Waals surface area contributed by atoms with Gasteiger partial charge in [-0.3, -0.25) is 20.2 Å². The van der Waals surface area contributed by atoms with E-state index < -0.39 is 9.85 Å². The van der Waals surface area contributed by atoms with Gasteiger partial charge in [0.05, 0.1) is 22.0 Å². The predicted octanol–water partition coefficient (Wildman–Crippen LogP) is 3.47. The smallest absolute Gasteiger partial charge is 0.299 e. The van der Waals surface area contributed by atoms with Crippen molar-refractivity contribution in [2.45, 2.75) is 19.1 Å². The average Bonchev–Trinajstić information content (AvgIpc) is 2.61. The molecule has 0 radical (unpaired) electrons. The van der Waals surface area contributed by atoms with Crippen molar-refractivity contribution in [1.82, 2.24) is 0 Å². The molecule has 2 aromatic carbocycles. The van der Waals surface area contributed by atoms with Gasteiger partial charge < -0.3 is 9.64 Å². The minimum Gasteiger partial charge on any atom is -0.367 e. The summed E-state index contributed by atoms with van der Waals surface area (Å²) in [6.07, 6.45) is -0.353. The van der Waals surface area contributed by atoms with Gasteiger partial charge in [0, 0.05) is 19.2 Å². The predicted molar refractivity (Wildman–Crippen MR) is 91.7 cm³/mol. The number of nitro benzene ring substituents is 2. The number of anilines is 1. The summed E-state index contributed by atoms with van der Waals surface area (Å²) in [4.78, 5) is 22.9. The summed E-state index contributed by atoms with van der Waals surface area (Å²) in [5, 5.41) is 22.3. The number of nitrogens with zero attached hydrogens (tertiary/aromatic N) is 3. The zero-order valence-electron chi connectivity index (χ0n) is 13.6. The maximum Gasteiger partial charge on any atom is 0.299 e. The third-order valence-electron chi connectivity index (χ3n) is 4.14. The lowest BCUT2D eigenvalue weighted by atomic mass is 10.1. The monoisotopic (exact) mass is 343 g/mol. The van der Waals surface area contributed by atoms with Gasteiger partial charge in [-0.25, -0.2) is 0 Å². The Labute approximate surface area is 143 Å². The van der Waals surface area contributed by atoms with E-state index in [-0.39, 0.29) is 23.6 Å². The highest BCUT2D eigenvalue weighted by molar-refractivity contribution is 5.67. The molecule has 8 heteroatoms. The van der Waals surface area contributed by atoms with Crippen LogP contribution in [-0.2, 0) is 4.74 Å². The Hall–Kier alpha value is -3.00. The van der Waals surface area contributed by atoms with Crippen LogP contribution in [0.5, 0.6) is 0 Å². The van der Waals surface area contributed by atoms with Crippen molar-refractivity contribution < 1.29 is 14.6 Å². The van der Waals surface area contributed by atoms with Crippen LogP contribution in [-0.4, -0.2) is 29.0 Å². The van der Waals surface area contributed by atoms with Crippen LogP contribution in [0, 0.1) is 20.2 Å². The molecule has 3 rings (SSSR count). The SMILES string of the molecule is CC1CN(c2ccc([N+](=O)[O-])cc2[N+](=O)[O-])CC(c2ccccc2)O1. The second-order valence-electron chi connectivity index (χ2n) is 5.94. The van der Waals surface area contributed by atoms with Gasteiger partial charge in [0.25, 0.3) is 11.4 Å². The van der Waals surface area contributed by atoms with Crippen LogP contribution in [0.15, 0.2) is 48.5 Å². The maximum absolute atomic E-state index is 11.4. The summed E-state index contributed by atoms with van der Waals surface area (Å²) in [6, 6.07) is 13.4. The number of hydrogen-bond acceptors (Lipinski definition) is 6. The van der Waals surface area contributed by atoms with E-state index in [2.05, 4.69) is 0 Å². The van der Waals surface area contributed by atoms with Crippen LogP contribution in [0.3, 0.4) is 0 Å². The van der Waals surface area contributed by atoms with Crippen molar-refractivity contribution in [3.63, 3.8) is 0 Å². The Balaban J connectivity index is 1.95. The van der Waals surface area contributed by atoms with Crippen LogP contribution >= 0.6 is 0 Å². The summed E-state index contributed by atoms with van der Waals surface area (Å²) < 4.78 is 5.97. The lowest BCUT2D eigenvalue weighted by molar-refractivity contribution is -0.393. The Kier molecular flexibility index (Phi) is 4.62. The molecule has 8 nitrogen and oxygen atoms in total. The summed E-state index contributed by atoms with van der Waals surface area (Å²) in [6.45, 7) is 2.81. The van der Waals surface area contributed by atoms with Gasteiger partial charge in [-0.2, -0.15) is 0 Å². The molecule has 0 bridgehead atoms. The third-order valence-corrected chi connectivity index (χ3v) is 4.14. The molecule has 1 heterocycles. The van der Waals surface area contributed by atoms with Crippen LogP contribution in [0.4, 0.5) is 17.1 Å². The van der Waals surface area contributed by atoms with Crippen molar-refractivity contribution in [2.24, 2.45) is 0 Å². The van der Waals surface area contributed by atoms with E-state index >= 15 is 0 Å². The van der Waals surface area contributed by atoms with Gasteiger partial charge in [0.15, 0.2) is 0 Å². The number of nitro groups is 2. The Morgan fingerprint density at radius 3 is 2.40 bits per heavy atom. The number of rotatable bonds is 4. The Morgan fingerprint density at radius 1 is 1.04 bits per heavy atom. The topological polar surface area (TPSA) is 98.8 Å². The molecule has 0 N–H and O–H groups in total. The van der Waals surface area contributed by atoms with Crippen molar-refractivity contribution >= 4 is 17.1 Å². The average molecular weight is 343 g/mol. The van der Waals surface area contributed by atoms with Crippen LogP contribution in [0.2, 0.25) is 0 Å². The molecule has 2 unspecified atom stereocenters.